The number of imide groups is 1. The Balaban J connectivity index is 0.00000219. The van der Waals surface area contributed by atoms with Crippen molar-refractivity contribution in [3.05, 3.63) is 35.9 Å². The zero-order valence-electron chi connectivity index (χ0n) is 63.3. The molecule has 0 aliphatic heterocycles. The third-order valence-electron chi connectivity index (χ3n) is 17.9. The van der Waals surface area contributed by atoms with E-state index in [9.17, 15) is 97.8 Å². The quantitative estimate of drug-likeness (QED) is 0.0241. The van der Waals surface area contributed by atoms with Gasteiger partial charge in [0.1, 0.15) is 24.2 Å². The van der Waals surface area contributed by atoms with Gasteiger partial charge in [-0.3, -0.25) is 77.6 Å². The highest BCUT2D eigenvalue weighted by molar-refractivity contribution is 6.01. The molecular formula is C73H124N14O20. The molecule has 0 fully saturated rings. The van der Waals surface area contributed by atoms with Gasteiger partial charge in [-0.15, -0.1) is 0 Å². The molecule has 0 saturated heterocycles. The number of aliphatic imine (C=N–C) groups is 2. The lowest BCUT2D eigenvalue weighted by atomic mass is 9.90. The lowest BCUT2D eigenvalue weighted by Crippen LogP contribution is -2.54. The maximum absolute atomic E-state index is 13.5. The Morgan fingerprint density at radius 1 is 0.430 bits per heavy atom. The smallest absolute Gasteiger partial charge is 0.322 e. The summed E-state index contributed by atoms with van der Waals surface area (Å²) in [6, 6.07) is 0.409. The zero-order valence-corrected chi connectivity index (χ0v) is 63.3. The number of guanidine groups is 2. The SMILES string of the molecule is CCCCCCCCCCCCCCCC(=O)N[C@@H](CCCN=C(N)N)C(=O)C[C@@H](CCC(N)=O)C(=O)N[C@H](C(=O)CC)[C@@H](C)O.C[C@@H](CCCN=C(N)N)C(=O)N[C@@H](CO)C(=O)C[C@@H](CO)C(=O)N[C@H](C(=O)C[C@@H](CCC(=O)O)C(=O)NC(=O)N[C@H](C(=O)C[C@@H](Cc1ccccc1)C(N)=O)[C@@H](C)O)[C@@H](C)O. The third-order valence-corrected chi connectivity index (χ3v) is 17.9. The Morgan fingerprint density at radius 2 is 0.869 bits per heavy atom. The van der Waals surface area contributed by atoms with Crippen LogP contribution in [0.3, 0.4) is 0 Å². The number of aliphatic carboxylic acids is 1. The Labute approximate surface area is 627 Å². The first-order valence-corrected chi connectivity index (χ1v) is 37.2. The van der Waals surface area contributed by atoms with E-state index < -0.39 is 188 Å². The van der Waals surface area contributed by atoms with Gasteiger partial charge in [0, 0.05) is 88.1 Å². The molecule has 34 heteroatoms. The van der Waals surface area contributed by atoms with Gasteiger partial charge in [0.2, 0.25) is 41.4 Å². The van der Waals surface area contributed by atoms with Gasteiger partial charge in [-0.1, -0.05) is 128 Å². The van der Waals surface area contributed by atoms with E-state index in [-0.39, 0.29) is 87.4 Å². The number of nitrogens with two attached hydrogens (primary N) is 6. The van der Waals surface area contributed by atoms with Gasteiger partial charge in [-0.2, -0.15) is 0 Å². The summed E-state index contributed by atoms with van der Waals surface area (Å²) in [4.78, 5) is 186. The molecule has 0 bridgehead atoms. The zero-order chi connectivity index (χ0) is 81.1. The number of urea groups is 1. The van der Waals surface area contributed by atoms with E-state index in [2.05, 4.69) is 43.5 Å². The molecule has 0 aromatic heterocycles. The molecule has 24 N–H and O–H groups in total. The van der Waals surface area contributed by atoms with Crippen LogP contribution in [0.25, 0.3) is 0 Å². The maximum Gasteiger partial charge on any atom is 0.322 e. The number of rotatable bonds is 59. The number of carbonyl (C=O) groups is 14. The standard InChI is InChI=1S/C39H60N8O14.C34H64N6O6/c1-20(8-7-13-43-38(41)42)35(58)44-27(19-49)28(52)17-26(18-48)37(60)45-32(21(2)50)29(53)15-24(11-12-31(55)56)36(59)47-39(61)46-33(22(3)51)30(54)16-25(34(40)57)14-23-9-5-4-6-10-23;1-4-6-7-8-9-10-11-12-13-14-15-16-17-20-31(45)39-27(19-18-23-38-34(36)37)29(43)24-26(21-22-30(35)44)33(46)40-32(25(3)41)28(42)5-2/h4-6,9-10,20-22,24-27,32-33,48-51H,7-8,11-19H2,1-3H3,(H2,40,57)(H,44,58)(H,45,60)(H,55,56)(H4,41,42,43)(H2,46,47,59,61);25-27,32,41H,4-24H2,1-3H3,(H2,35,44)(H,39,45)(H,40,46)(H4,36,37,38)/t20-,21+,22+,24+,25+,26-,27-,32-,33-;25-,26-,27+,32+/m01/s1. The normalized spacial score (nSPS) is 14.7. The molecule has 1 aromatic rings. The van der Waals surface area contributed by atoms with Crippen LogP contribution in [0.2, 0.25) is 0 Å². The van der Waals surface area contributed by atoms with Crippen LogP contribution < -0.4 is 66.3 Å². The van der Waals surface area contributed by atoms with Crippen LogP contribution in [0, 0.1) is 29.6 Å². The summed E-state index contributed by atoms with van der Waals surface area (Å²) in [5, 5.41) is 73.8. The number of Topliss-reactive ketones (excluding diaryl/α,β-unsaturated/α-hetero) is 5. The molecule has 1 aromatic carbocycles. The van der Waals surface area contributed by atoms with Gasteiger partial charge in [0.25, 0.3) is 0 Å². The fourth-order valence-corrected chi connectivity index (χ4v) is 11.4. The largest absolute Gasteiger partial charge is 0.481 e. The van der Waals surface area contributed by atoms with Crippen molar-refractivity contribution in [1.29, 1.82) is 0 Å². The number of hydrogen-bond donors (Lipinski definition) is 18. The Kier molecular flexibility index (Phi) is 51.8. The highest BCUT2D eigenvalue weighted by Gasteiger charge is 2.37. The van der Waals surface area contributed by atoms with E-state index in [0.717, 1.165) is 26.2 Å². The Hall–Kier alpha value is -8.86. The van der Waals surface area contributed by atoms with Crippen LogP contribution >= 0.6 is 0 Å². The maximum atomic E-state index is 13.5. The first-order valence-electron chi connectivity index (χ1n) is 37.2. The number of aliphatic hydroxyl groups excluding tert-OH is 5. The fraction of sp³-hybridized carbons (Fsp3) is 0.699. The number of carboxylic acids is 1. The van der Waals surface area contributed by atoms with Gasteiger partial charge in [-0.05, 0) is 77.7 Å². The molecule has 0 heterocycles. The molecule has 0 aliphatic rings. The molecule has 34 nitrogen and oxygen atoms in total. The number of carbonyl (C=O) groups excluding carboxylic acids is 13. The van der Waals surface area contributed by atoms with Gasteiger partial charge >= 0.3 is 12.0 Å². The van der Waals surface area contributed by atoms with E-state index in [1.54, 1.807) is 44.2 Å². The summed E-state index contributed by atoms with van der Waals surface area (Å²) in [7, 11) is 0. The molecule has 9 amide bonds. The van der Waals surface area contributed by atoms with Gasteiger partial charge in [0.05, 0.1) is 43.5 Å². The first kappa shape index (κ1) is 98.1. The number of ketones is 5. The predicted molar refractivity (Wildman–Crippen MR) is 399 cm³/mol. The van der Waals surface area contributed by atoms with Gasteiger partial charge in [-0.25, -0.2) is 4.79 Å². The van der Waals surface area contributed by atoms with Crippen molar-refractivity contribution in [1.82, 2.24) is 31.9 Å². The summed E-state index contributed by atoms with van der Waals surface area (Å²) in [6.45, 7) is 7.81. The van der Waals surface area contributed by atoms with E-state index in [4.69, 9.17) is 34.4 Å². The van der Waals surface area contributed by atoms with Crippen molar-refractivity contribution in [2.75, 3.05) is 26.3 Å². The molecule has 0 spiro atoms. The summed E-state index contributed by atoms with van der Waals surface area (Å²) >= 11 is 0. The number of unbranched alkanes of at least 4 members (excludes halogenated alkanes) is 12. The number of hydrogen-bond acceptors (Lipinski definition) is 21. The highest BCUT2D eigenvalue weighted by Crippen LogP contribution is 2.21. The average molecular weight is 1520 g/mol. The minimum absolute atomic E-state index is 0.0205. The summed E-state index contributed by atoms with van der Waals surface area (Å²) < 4.78 is 0. The number of aliphatic hydroxyl groups is 5. The van der Waals surface area contributed by atoms with Gasteiger partial charge in [0.15, 0.2) is 40.8 Å². The summed E-state index contributed by atoms with van der Waals surface area (Å²) in [5.41, 5.74) is 32.9. The van der Waals surface area contributed by atoms with E-state index in [1.165, 1.54) is 71.6 Å². The van der Waals surface area contributed by atoms with Crippen LogP contribution in [0.1, 0.15) is 220 Å². The van der Waals surface area contributed by atoms with Gasteiger partial charge < -0.3 is 91.6 Å². The Morgan fingerprint density at radius 3 is 1.34 bits per heavy atom. The monoisotopic (exact) mass is 1520 g/mol. The minimum atomic E-state index is -1.77. The number of nitrogens with zero attached hydrogens (tertiary/aromatic N) is 2. The molecule has 0 aliphatic carbocycles. The lowest BCUT2D eigenvalue weighted by molar-refractivity contribution is -0.139. The molecule has 0 unspecified atom stereocenters. The predicted octanol–water partition coefficient (Wildman–Crippen LogP) is 0.597. The molecule has 0 radical (unpaired) electrons. The molecule has 0 saturated carbocycles. The third kappa shape index (κ3) is 44.8. The highest BCUT2D eigenvalue weighted by atomic mass is 16.4. The van der Waals surface area contributed by atoms with Crippen LogP contribution in [-0.2, 0) is 68.7 Å². The number of primary amides is 2. The first-order chi connectivity index (χ1) is 50.5. The van der Waals surface area contributed by atoms with E-state index >= 15 is 0 Å². The number of nitrogens with one attached hydrogen (secondary N) is 6. The number of benzene rings is 1. The van der Waals surface area contributed by atoms with Crippen molar-refractivity contribution >= 4 is 94.2 Å². The van der Waals surface area contributed by atoms with Crippen LogP contribution in [0.4, 0.5) is 4.79 Å². The molecular weight excluding hydrogens is 1390 g/mol. The summed E-state index contributed by atoms with van der Waals surface area (Å²) in [6.07, 6.45) is 9.49. The van der Waals surface area contributed by atoms with Crippen LogP contribution in [0.15, 0.2) is 40.3 Å². The molecule has 107 heavy (non-hydrogen) atoms. The van der Waals surface area contributed by atoms with E-state index in [0.29, 0.717) is 31.2 Å². The van der Waals surface area contributed by atoms with Crippen molar-refractivity contribution < 1.29 is 97.8 Å². The summed E-state index contributed by atoms with van der Waals surface area (Å²) in [5.74, 6) is -15.9. The van der Waals surface area contributed by atoms with E-state index in [1.807, 2.05) is 5.32 Å². The van der Waals surface area contributed by atoms with Crippen LogP contribution in [-0.4, -0.2) is 200 Å². The molecule has 606 valence electrons. The number of amides is 9. The topological polar surface area (TPSA) is 613 Å². The minimum Gasteiger partial charge on any atom is -0.481 e. The second-order valence-corrected chi connectivity index (χ2v) is 27.3. The second kappa shape index (κ2) is 56.4. The van der Waals surface area contributed by atoms with Crippen molar-refractivity contribution in [2.45, 2.75) is 270 Å². The van der Waals surface area contributed by atoms with Crippen LogP contribution in [0.5, 0.6) is 0 Å². The fourth-order valence-electron chi connectivity index (χ4n) is 11.4. The van der Waals surface area contributed by atoms with Crippen molar-refractivity contribution in [3.8, 4) is 0 Å². The van der Waals surface area contributed by atoms with Crippen molar-refractivity contribution in [2.24, 2.45) is 74.0 Å². The molecule has 1 rings (SSSR count). The number of carboxylic acid groups (broad SMARTS) is 1. The Bertz CT molecular complexity index is 3000. The average Bonchev–Trinajstić information content (AvgIpc) is 0.865. The second-order valence-electron chi connectivity index (χ2n) is 27.3. The molecule has 13 atom stereocenters. The van der Waals surface area contributed by atoms with Crippen molar-refractivity contribution in [3.63, 3.8) is 0 Å². The lowest BCUT2D eigenvalue weighted by Gasteiger charge is -2.26.